The Kier molecular flexibility index (Phi) is 13.4. The van der Waals surface area contributed by atoms with E-state index in [0.29, 0.717) is 42.5 Å². The Bertz CT molecular complexity index is 855. The SMILES string of the molecule is CCCC(CCO)CN=C(NCC)NCCCc1nn(-c2ccccc2)c(N)c1C#N.I. The van der Waals surface area contributed by atoms with Gasteiger partial charge in [0.2, 0.25) is 0 Å². The minimum Gasteiger partial charge on any atom is -0.396 e. The van der Waals surface area contributed by atoms with E-state index in [2.05, 4.69) is 33.7 Å². The van der Waals surface area contributed by atoms with E-state index in [1.54, 1.807) is 4.68 Å². The monoisotopic (exact) mass is 553 g/mol. The van der Waals surface area contributed by atoms with Gasteiger partial charge in [0.25, 0.3) is 0 Å². The minimum atomic E-state index is 0. The van der Waals surface area contributed by atoms with E-state index in [1.807, 2.05) is 37.3 Å². The molecule has 0 saturated carbocycles. The van der Waals surface area contributed by atoms with Crippen molar-refractivity contribution in [2.45, 2.75) is 46.0 Å². The Morgan fingerprint density at radius 1 is 1.25 bits per heavy atom. The van der Waals surface area contributed by atoms with Crippen LogP contribution in [0.3, 0.4) is 0 Å². The van der Waals surface area contributed by atoms with Crippen LogP contribution in [0.1, 0.15) is 50.8 Å². The quantitative estimate of drug-likeness (QED) is 0.139. The van der Waals surface area contributed by atoms with Crippen LogP contribution in [0.2, 0.25) is 0 Å². The van der Waals surface area contributed by atoms with Gasteiger partial charge in [-0.05, 0) is 50.7 Å². The van der Waals surface area contributed by atoms with E-state index in [4.69, 9.17) is 5.73 Å². The first kappa shape index (κ1) is 27.7. The second-order valence-corrected chi connectivity index (χ2v) is 7.48. The van der Waals surface area contributed by atoms with Crippen molar-refractivity contribution in [3.05, 3.63) is 41.6 Å². The molecule has 1 heterocycles. The summed E-state index contributed by atoms with van der Waals surface area (Å²) in [5.74, 6) is 1.54. The number of para-hydroxylation sites is 1. The van der Waals surface area contributed by atoms with Crippen LogP contribution >= 0.6 is 24.0 Å². The molecule has 0 amide bonds. The Morgan fingerprint density at radius 2 is 2.00 bits per heavy atom. The van der Waals surface area contributed by atoms with Gasteiger partial charge in [0.05, 0.1) is 11.4 Å². The normalized spacial score (nSPS) is 12.0. The Balaban J connectivity index is 0.00000512. The molecule has 1 aromatic carbocycles. The number of hydrogen-bond acceptors (Lipinski definition) is 5. The second-order valence-electron chi connectivity index (χ2n) is 7.48. The summed E-state index contributed by atoms with van der Waals surface area (Å²) in [6.45, 7) is 6.56. The molecule has 0 bridgehead atoms. The first-order valence-corrected chi connectivity index (χ1v) is 11.1. The van der Waals surface area contributed by atoms with Gasteiger partial charge in [-0.1, -0.05) is 31.5 Å². The summed E-state index contributed by atoms with van der Waals surface area (Å²) in [5, 5.41) is 30.0. The van der Waals surface area contributed by atoms with Gasteiger partial charge in [0.15, 0.2) is 5.96 Å². The number of rotatable bonds is 12. The lowest BCUT2D eigenvalue weighted by atomic mass is 10.0. The molecular weight excluding hydrogens is 517 g/mol. The van der Waals surface area contributed by atoms with E-state index < -0.39 is 0 Å². The lowest BCUT2D eigenvalue weighted by molar-refractivity contribution is 0.253. The van der Waals surface area contributed by atoms with Crippen LogP contribution in [0.15, 0.2) is 35.3 Å². The number of benzene rings is 1. The Labute approximate surface area is 208 Å². The van der Waals surface area contributed by atoms with E-state index in [0.717, 1.165) is 43.9 Å². The predicted molar refractivity (Wildman–Crippen MR) is 141 cm³/mol. The molecule has 0 aliphatic heterocycles. The third kappa shape index (κ3) is 8.31. The number of nitriles is 1. The molecule has 1 atom stereocenters. The van der Waals surface area contributed by atoms with Gasteiger partial charge in [-0.15, -0.1) is 24.0 Å². The molecule has 0 fully saturated rings. The second kappa shape index (κ2) is 15.5. The third-order valence-electron chi connectivity index (χ3n) is 5.08. The zero-order valence-corrected chi connectivity index (χ0v) is 21.4. The molecule has 8 nitrogen and oxygen atoms in total. The smallest absolute Gasteiger partial charge is 0.191 e. The number of nitrogens with one attached hydrogen (secondary N) is 2. The summed E-state index contributed by atoms with van der Waals surface area (Å²) >= 11 is 0. The number of nitrogen functional groups attached to an aromatic ring is 1. The van der Waals surface area contributed by atoms with Gasteiger partial charge in [0, 0.05) is 26.2 Å². The predicted octanol–water partition coefficient (Wildman–Crippen LogP) is 3.23. The number of anilines is 1. The first-order chi connectivity index (χ1) is 15.1. The van der Waals surface area contributed by atoms with Gasteiger partial charge >= 0.3 is 0 Å². The number of aryl methyl sites for hydroxylation is 1. The summed E-state index contributed by atoms with van der Waals surface area (Å²) in [7, 11) is 0. The maximum atomic E-state index is 9.54. The molecule has 0 aliphatic carbocycles. The molecule has 176 valence electrons. The van der Waals surface area contributed by atoms with E-state index in [1.165, 1.54) is 0 Å². The van der Waals surface area contributed by atoms with Crippen LogP contribution in [0.5, 0.6) is 0 Å². The van der Waals surface area contributed by atoms with Gasteiger partial charge in [-0.2, -0.15) is 10.4 Å². The Hall–Kier alpha value is -2.32. The first-order valence-electron chi connectivity index (χ1n) is 11.1. The van der Waals surface area contributed by atoms with Crippen molar-refractivity contribution < 1.29 is 5.11 Å². The average molecular weight is 553 g/mol. The molecule has 9 heteroatoms. The average Bonchev–Trinajstić information content (AvgIpc) is 3.10. The molecule has 5 N–H and O–H groups in total. The molecular formula is C23H36IN7O. The number of guanidine groups is 1. The fourth-order valence-electron chi connectivity index (χ4n) is 3.48. The van der Waals surface area contributed by atoms with Gasteiger partial charge < -0.3 is 21.5 Å². The van der Waals surface area contributed by atoms with Crippen LogP contribution in [0, 0.1) is 17.2 Å². The van der Waals surface area contributed by atoms with Crippen molar-refractivity contribution >= 4 is 35.8 Å². The lowest BCUT2D eigenvalue weighted by Crippen LogP contribution is -2.38. The summed E-state index contributed by atoms with van der Waals surface area (Å²) < 4.78 is 1.63. The number of aliphatic hydroxyl groups excluding tert-OH is 1. The van der Waals surface area contributed by atoms with Crippen LogP contribution in [0.4, 0.5) is 5.82 Å². The summed E-state index contributed by atoms with van der Waals surface area (Å²) in [5.41, 5.74) is 8.16. The zero-order chi connectivity index (χ0) is 22.5. The maximum absolute atomic E-state index is 9.54. The fourth-order valence-corrected chi connectivity index (χ4v) is 3.48. The molecule has 1 aromatic heterocycles. The van der Waals surface area contributed by atoms with Gasteiger partial charge in [-0.3, -0.25) is 4.99 Å². The molecule has 2 rings (SSSR count). The maximum Gasteiger partial charge on any atom is 0.191 e. The largest absolute Gasteiger partial charge is 0.396 e. The van der Waals surface area contributed by atoms with Crippen molar-refractivity contribution in [2.24, 2.45) is 10.9 Å². The molecule has 32 heavy (non-hydrogen) atoms. The standard InChI is InChI=1S/C23H35N7O.HI/c1-3-9-18(13-15-31)17-28-23(26-4-2)27-14-8-12-21-20(16-24)22(25)30(29-21)19-10-6-5-7-11-19;/h5-7,10-11,18,31H,3-4,8-9,12-15,17,25H2,1-2H3,(H2,26,27,28);1H. The van der Waals surface area contributed by atoms with E-state index in [9.17, 15) is 10.4 Å². The highest BCUT2D eigenvalue weighted by molar-refractivity contribution is 14.0. The molecule has 2 aromatic rings. The molecule has 0 saturated heterocycles. The zero-order valence-electron chi connectivity index (χ0n) is 19.0. The highest BCUT2D eigenvalue weighted by atomic mass is 127. The van der Waals surface area contributed by atoms with Crippen molar-refractivity contribution in [3.8, 4) is 11.8 Å². The number of halogens is 1. The van der Waals surface area contributed by atoms with Gasteiger partial charge in [0.1, 0.15) is 17.5 Å². The lowest BCUT2D eigenvalue weighted by Gasteiger charge is -2.15. The third-order valence-corrected chi connectivity index (χ3v) is 5.08. The van der Waals surface area contributed by atoms with Crippen molar-refractivity contribution in [1.82, 2.24) is 20.4 Å². The molecule has 0 aliphatic rings. The topological polar surface area (TPSA) is 124 Å². The summed E-state index contributed by atoms with van der Waals surface area (Å²) in [4.78, 5) is 4.68. The summed E-state index contributed by atoms with van der Waals surface area (Å²) in [6, 6.07) is 11.8. The number of nitrogens with zero attached hydrogens (tertiary/aromatic N) is 4. The number of aliphatic hydroxyl groups is 1. The number of nitrogens with two attached hydrogens (primary N) is 1. The van der Waals surface area contributed by atoms with Crippen molar-refractivity contribution in [3.63, 3.8) is 0 Å². The number of aliphatic imine (C=N–C) groups is 1. The molecule has 1 unspecified atom stereocenters. The van der Waals surface area contributed by atoms with Gasteiger partial charge in [-0.25, -0.2) is 4.68 Å². The molecule has 0 spiro atoms. The van der Waals surface area contributed by atoms with Crippen LogP contribution in [-0.4, -0.2) is 47.1 Å². The van der Waals surface area contributed by atoms with Crippen molar-refractivity contribution in [2.75, 3.05) is 32.0 Å². The highest BCUT2D eigenvalue weighted by Gasteiger charge is 2.16. The highest BCUT2D eigenvalue weighted by Crippen LogP contribution is 2.21. The van der Waals surface area contributed by atoms with E-state index in [-0.39, 0.29) is 30.6 Å². The van der Waals surface area contributed by atoms with Crippen molar-refractivity contribution in [1.29, 1.82) is 5.26 Å². The van der Waals surface area contributed by atoms with E-state index >= 15 is 0 Å². The van der Waals surface area contributed by atoms with Crippen LogP contribution in [0.25, 0.3) is 5.69 Å². The minimum absolute atomic E-state index is 0. The number of aromatic nitrogens is 2. The Morgan fingerprint density at radius 3 is 2.62 bits per heavy atom. The summed E-state index contributed by atoms with van der Waals surface area (Å²) in [6.07, 6.45) is 4.36. The van der Waals surface area contributed by atoms with Crippen LogP contribution < -0.4 is 16.4 Å². The fraction of sp³-hybridized carbons (Fsp3) is 0.522. The molecule has 0 radical (unpaired) electrons. The number of hydrogen-bond donors (Lipinski definition) is 4. The van der Waals surface area contributed by atoms with Crippen LogP contribution in [-0.2, 0) is 6.42 Å².